The summed E-state index contributed by atoms with van der Waals surface area (Å²) in [6, 6.07) is 0. The van der Waals surface area contributed by atoms with E-state index in [4.69, 9.17) is 18.5 Å². The molecule has 0 aromatic carbocycles. The molecule has 0 rings (SSSR count). The molecule has 9 heteroatoms. The van der Waals surface area contributed by atoms with E-state index in [-0.39, 0.29) is 26.1 Å². The van der Waals surface area contributed by atoms with Crippen LogP contribution >= 0.6 is 19.6 Å². The molecule has 0 radical (unpaired) electrons. The van der Waals surface area contributed by atoms with Crippen LogP contribution in [0.2, 0.25) is 0 Å². The number of ether oxygens (including phenoxy) is 2. The zero-order chi connectivity index (χ0) is 26.3. The van der Waals surface area contributed by atoms with Crippen LogP contribution in [-0.4, -0.2) is 81.8 Å². The molecule has 0 aromatic rings. The number of thioether (sulfide) groups is 1. The Bertz CT molecular complexity index is 507. The van der Waals surface area contributed by atoms with Crippen LogP contribution in [0.25, 0.3) is 0 Å². The lowest BCUT2D eigenvalue weighted by atomic mass is 10.0. The third-order valence-electron chi connectivity index (χ3n) is 5.81. The van der Waals surface area contributed by atoms with Crippen LogP contribution in [0, 0.1) is 0 Å². The van der Waals surface area contributed by atoms with Crippen LogP contribution < -0.4 is 0 Å². The number of hydrogen-bond acceptors (Lipinski definition) is 6. The Morgan fingerprint density at radius 2 is 1.34 bits per heavy atom. The van der Waals surface area contributed by atoms with Gasteiger partial charge in [0.15, 0.2) is 0 Å². The first-order valence-electron chi connectivity index (χ1n) is 13.8. The summed E-state index contributed by atoms with van der Waals surface area (Å²) in [6.45, 7) is 3.19. The smallest absolute Gasteiger partial charge is 0.359 e. The van der Waals surface area contributed by atoms with Gasteiger partial charge in [0, 0.05) is 12.9 Å². The number of phosphoric ester groups is 1. The number of phosphoric acid groups is 1. The first kappa shape index (κ1) is 35.3. The normalized spacial score (nSPS) is 14.8. The van der Waals surface area contributed by atoms with Crippen molar-refractivity contribution < 1.29 is 32.5 Å². The maximum atomic E-state index is 12.1. The van der Waals surface area contributed by atoms with E-state index in [9.17, 15) is 9.46 Å². The standard InChI is InChI=1S/C26H56NO6PS/c1-6-7-8-9-10-11-12-13-14-15-16-17-18-19-22-35-24-26(31-25-30-5)23-33-34(28,29)32-21-20-27(2,3)4/h26H,6-25H2,1-5H3/p+1. The van der Waals surface area contributed by atoms with Crippen LogP contribution in [0.3, 0.4) is 0 Å². The van der Waals surface area contributed by atoms with Crippen LogP contribution in [0.5, 0.6) is 0 Å². The minimum absolute atomic E-state index is 0.00720. The highest BCUT2D eigenvalue weighted by Crippen LogP contribution is 2.43. The quantitative estimate of drug-likeness (QED) is 0.0517. The van der Waals surface area contributed by atoms with Gasteiger partial charge in [0.25, 0.3) is 0 Å². The molecule has 0 aliphatic heterocycles. The molecule has 0 bridgehead atoms. The Balaban J connectivity index is 3.74. The van der Waals surface area contributed by atoms with Crippen LogP contribution in [0.15, 0.2) is 0 Å². The summed E-state index contributed by atoms with van der Waals surface area (Å²) in [7, 11) is 3.47. The molecule has 35 heavy (non-hydrogen) atoms. The van der Waals surface area contributed by atoms with E-state index in [0.717, 1.165) is 5.75 Å². The molecule has 1 N–H and O–H groups in total. The lowest BCUT2D eigenvalue weighted by molar-refractivity contribution is -0.870. The highest BCUT2D eigenvalue weighted by Gasteiger charge is 2.25. The van der Waals surface area contributed by atoms with E-state index in [1.165, 1.54) is 89.9 Å². The molecule has 0 aliphatic rings. The first-order valence-corrected chi connectivity index (χ1v) is 16.5. The van der Waals surface area contributed by atoms with Gasteiger partial charge in [0.2, 0.25) is 0 Å². The Kier molecular flexibility index (Phi) is 23.7. The molecule has 0 aromatic heterocycles. The van der Waals surface area contributed by atoms with E-state index in [2.05, 4.69) is 6.92 Å². The molecule has 0 fully saturated rings. The third-order valence-corrected chi connectivity index (χ3v) is 7.98. The van der Waals surface area contributed by atoms with E-state index >= 15 is 0 Å². The minimum atomic E-state index is -4.08. The lowest BCUT2D eigenvalue weighted by Crippen LogP contribution is -2.37. The van der Waals surface area contributed by atoms with Gasteiger partial charge in [0.1, 0.15) is 19.9 Å². The average molecular weight is 543 g/mol. The summed E-state index contributed by atoms with van der Waals surface area (Å²) in [4.78, 5) is 9.91. The second-order valence-electron chi connectivity index (χ2n) is 10.5. The fourth-order valence-electron chi connectivity index (χ4n) is 3.57. The van der Waals surface area contributed by atoms with Crippen molar-refractivity contribution in [3.63, 3.8) is 0 Å². The van der Waals surface area contributed by atoms with Crippen molar-refractivity contribution in [3.8, 4) is 0 Å². The third kappa shape index (κ3) is 27.2. The zero-order valence-corrected chi connectivity index (χ0v) is 25.2. The Labute approximate surface area is 221 Å². The van der Waals surface area contributed by atoms with Gasteiger partial charge in [-0.25, -0.2) is 4.57 Å². The number of rotatable bonds is 27. The van der Waals surface area contributed by atoms with E-state index in [1.54, 1.807) is 18.9 Å². The van der Waals surface area contributed by atoms with E-state index in [0.29, 0.717) is 16.8 Å². The predicted octanol–water partition coefficient (Wildman–Crippen LogP) is 7.03. The number of unbranched alkanes of at least 4 members (excludes halogenated alkanes) is 13. The van der Waals surface area contributed by atoms with Gasteiger partial charge in [-0.2, -0.15) is 11.8 Å². The maximum Gasteiger partial charge on any atom is 0.472 e. The van der Waals surface area contributed by atoms with Gasteiger partial charge in [-0.3, -0.25) is 9.05 Å². The minimum Gasteiger partial charge on any atom is -0.359 e. The predicted molar refractivity (Wildman–Crippen MR) is 149 cm³/mol. The second kappa shape index (κ2) is 23.5. The maximum absolute atomic E-state index is 12.1. The van der Waals surface area contributed by atoms with Gasteiger partial charge in [0.05, 0.1) is 33.9 Å². The molecule has 0 heterocycles. The molecule has 212 valence electrons. The monoisotopic (exact) mass is 542 g/mol. The second-order valence-corrected chi connectivity index (χ2v) is 13.1. The topological polar surface area (TPSA) is 74.2 Å². The van der Waals surface area contributed by atoms with Crippen LogP contribution in [0.1, 0.15) is 96.8 Å². The van der Waals surface area contributed by atoms with Crippen molar-refractivity contribution in [1.29, 1.82) is 0 Å². The van der Waals surface area contributed by atoms with Crippen molar-refractivity contribution in [2.24, 2.45) is 0 Å². The molecule has 0 amide bonds. The average Bonchev–Trinajstić information content (AvgIpc) is 2.79. The molecule has 7 nitrogen and oxygen atoms in total. The first-order chi connectivity index (χ1) is 16.7. The van der Waals surface area contributed by atoms with Gasteiger partial charge in [-0.05, 0) is 12.2 Å². The molecule has 2 atom stereocenters. The molecule has 0 spiro atoms. The summed E-state index contributed by atoms with van der Waals surface area (Å²) >= 11 is 1.79. The van der Waals surface area contributed by atoms with Crippen LogP contribution in [-0.2, 0) is 23.1 Å². The lowest BCUT2D eigenvalue weighted by Gasteiger charge is -2.24. The molecule has 0 aliphatic carbocycles. The summed E-state index contributed by atoms with van der Waals surface area (Å²) in [5, 5.41) is 0. The van der Waals surface area contributed by atoms with E-state index < -0.39 is 7.82 Å². The van der Waals surface area contributed by atoms with Crippen molar-refractivity contribution in [3.05, 3.63) is 0 Å². The molecular weight excluding hydrogens is 485 g/mol. The van der Waals surface area contributed by atoms with Crippen molar-refractivity contribution in [2.45, 2.75) is 103 Å². The van der Waals surface area contributed by atoms with Crippen molar-refractivity contribution >= 4 is 19.6 Å². The fourth-order valence-corrected chi connectivity index (χ4v) is 5.34. The number of quaternary nitrogens is 1. The highest BCUT2D eigenvalue weighted by molar-refractivity contribution is 7.99. The SMILES string of the molecule is CCCCCCCCCCCCCCCCSCC(COP(=O)(O)OCC[N+](C)(C)C)OCOC. The van der Waals surface area contributed by atoms with Crippen molar-refractivity contribution in [1.82, 2.24) is 0 Å². The molecule has 0 saturated carbocycles. The Morgan fingerprint density at radius 3 is 1.83 bits per heavy atom. The summed E-state index contributed by atoms with van der Waals surface area (Å²) in [6.07, 6.45) is 18.8. The molecular formula is C26H57NO6PS+. The van der Waals surface area contributed by atoms with Gasteiger partial charge >= 0.3 is 7.82 Å². The van der Waals surface area contributed by atoms with Gasteiger partial charge in [-0.15, -0.1) is 0 Å². The van der Waals surface area contributed by atoms with Gasteiger partial charge < -0.3 is 18.9 Å². The number of likely N-dealkylation sites (N-methyl/N-ethyl adjacent to an activating group) is 1. The zero-order valence-electron chi connectivity index (χ0n) is 23.5. The molecule has 0 saturated heterocycles. The fraction of sp³-hybridized carbons (Fsp3) is 1.00. The number of nitrogens with zero attached hydrogens (tertiary/aromatic N) is 1. The molecule has 2 unspecified atom stereocenters. The van der Waals surface area contributed by atoms with E-state index in [1.807, 2.05) is 21.1 Å². The van der Waals surface area contributed by atoms with Gasteiger partial charge in [-0.1, -0.05) is 90.4 Å². The Hall–Kier alpha value is 0.340. The summed E-state index contributed by atoms with van der Waals surface area (Å²) in [5.74, 6) is 1.75. The van der Waals surface area contributed by atoms with Crippen LogP contribution in [0.4, 0.5) is 0 Å². The number of methoxy groups -OCH3 is 1. The largest absolute Gasteiger partial charge is 0.472 e. The number of hydrogen-bond donors (Lipinski definition) is 1. The summed E-state index contributed by atoms with van der Waals surface area (Å²) < 4.78 is 33.6. The van der Waals surface area contributed by atoms with Crippen molar-refractivity contribution in [2.75, 3.05) is 66.3 Å². The Morgan fingerprint density at radius 1 is 0.829 bits per heavy atom. The highest BCUT2D eigenvalue weighted by atomic mass is 32.2. The summed E-state index contributed by atoms with van der Waals surface area (Å²) in [5.41, 5.74) is 0.